The lowest BCUT2D eigenvalue weighted by Gasteiger charge is -2.13. The number of anilines is 1. The first-order chi connectivity index (χ1) is 16.9. The summed E-state index contributed by atoms with van der Waals surface area (Å²) in [7, 11) is 0. The zero-order valence-corrected chi connectivity index (χ0v) is 19.1. The van der Waals surface area contributed by atoms with Crippen molar-refractivity contribution in [1.82, 2.24) is 4.37 Å². The highest BCUT2D eigenvalue weighted by Gasteiger charge is 2.54. The van der Waals surface area contributed by atoms with Gasteiger partial charge in [0.15, 0.2) is 11.5 Å². The van der Waals surface area contributed by atoms with E-state index in [9.17, 15) is 20.0 Å². The fourth-order valence-corrected chi connectivity index (χ4v) is 4.25. The second kappa shape index (κ2) is 8.67. The zero-order chi connectivity index (χ0) is 24.6. The van der Waals surface area contributed by atoms with E-state index in [1.165, 1.54) is 0 Å². The third-order valence-electron chi connectivity index (χ3n) is 5.72. The van der Waals surface area contributed by atoms with Crippen molar-refractivity contribution in [3.05, 3.63) is 70.1 Å². The topological polar surface area (TPSA) is 139 Å². The quantitative estimate of drug-likeness (QED) is 0.367. The van der Waals surface area contributed by atoms with Gasteiger partial charge in [0.25, 0.3) is 5.78 Å². The summed E-state index contributed by atoms with van der Waals surface area (Å²) in [6.07, 6.45) is -0.182. The minimum absolute atomic E-state index is 0.0184. The normalized spacial score (nSPS) is 14.4. The number of carbonyl (C=O) groups is 2. The Labute approximate surface area is 203 Å². The molecule has 10 heteroatoms. The molecule has 1 fully saturated rings. The van der Waals surface area contributed by atoms with Gasteiger partial charge in [-0.2, -0.15) is 9.64 Å². The molecule has 0 aliphatic heterocycles. The first kappa shape index (κ1) is 22.3. The van der Waals surface area contributed by atoms with Crippen LogP contribution in [-0.4, -0.2) is 21.5 Å². The van der Waals surface area contributed by atoms with Gasteiger partial charge in [-0.3, -0.25) is 10.1 Å². The minimum Gasteiger partial charge on any atom is -0.480 e. The third kappa shape index (κ3) is 4.23. The fraction of sp³-hybridized carbons (Fsp3) is 0.200. The molecule has 1 aliphatic rings. The van der Waals surface area contributed by atoms with Crippen molar-refractivity contribution in [3.8, 4) is 17.9 Å². The number of amides is 1. The number of carbonyl (C=O) groups excluding carboxylic acids is 1. The van der Waals surface area contributed by atoms with E-state index in [2.05, 4.69) is 21.5 Å². The van der Waals surface area contributed by atoms with Gasteiger partial charge in [-0.05, 0) is 54.8 Å². The van der Waals surface area contributed by atoms with Crippen LogP contribution in [0.25, 0.3) is 11.2 Å². The highest BCUT2D eigenvalue weighted by atomic mass is 32.1. The van der Waals surface area contributed by atoms with E-state index in [1.54, 1.807) is 19.1 Å². The molecule has 2 N–H and O–H groups in total. The van der Waals surface area contributed by atoms with Gasteiger partial charge >= 0.3 is 12.1 Å². The number of nitrogens with one attached hydrogen (secondary N) is 1. The molecule has 1 unspecified atom stereocenters. The minimum atomic E-state index is -0.961. The van der Waals surface area contributed by atoms with Gasteiger partial charge in [0.1, 0.15) is 33.9 Å². The molecule has 35 heavy (non-hydrogen) atoms. The molecule has 1 aromatic carbocycles. The molecule has 1 saturated carbocycles. The Bertz CT molecular complexity index is 1510. The number of ether oxygens (including phenoxy) is 1. The number of aromatic nitrogens is 1. The van der Waals surface area contributed by atoms with Gasteiger partial charge in [0.05, 0.1) is 5.39 Å². The van der Waals surface area contributed by atoms with E-state index >= 15 is 0 Å². The number of nitriles is 1. The van der Waals surface area contributed by atoms with Crippen LogP contribution in [0.2, 0.25) is 0 Å². The van der Waals surface area contributed by atoms with Gasteiger partial charge in [-0.1, -0.05) is 30.3 Å². The molecule has 3 heterocycles. The second-order valence-electron chi connectivity index (χ2n) is 8.03. The summed E-state index contributed by atoms with van der Waals surface area (Å²) in [6, 6.07) is 14.5. The number of fused-ring (bicyclic) bond motifs is 1. The molecule has 0 bridgehead atoms. The fourth-order valence-electron chi connectivity index (χ4n) is 3.60. The smallest absolute Gasteiger partial charge is 0.412 e. The molecule has 4 aromatic rings. The summed E-state index contributed by atoms with van der Waals surface area (Å²) in [6.45, 7) is 1.74. The Morgan fingerprint density at radius 3 is 2.66 bits per heavy atom. The predicted octanol–water partition coefficient (Wildman–Crippen LogP) is 5.18. The highest BCUT2D eigenvalue weighted by molar-refractivity contribution is 7.07. The Kier molecular flexibility index (Phi) is 5.51. The van der Waals surface area contributed by atoms with E-state index in [0.29, 0.717) is 28.9 Å². The molecule has 0 spiro atoms. The van der Waals surface area contributed by atoms with Crippen LogP contribution in [0.1, 0.15) is 53.5 Å². The van der Waals surface area contributed by atoms with Crippen LogP contribution < -0.4 is 5.32 Å². The number of hydrogen-bond acceptors (Lipinski definition) is 8. The van der Waals surface area contributed by atoms with E-state index in [4.69, 9.17) is 13.6 Å². The predicted molar refractivity (Wildman–Crippen MR) is 125 cm³/mol. The molecular formula is C25H17N3O6S. The van der Waals surface area contributed by atoms with Crippen LogP contribution in [0, 0.1) is 23.2 Å². The average molecular weight is 487 g/mol. The lowest BCUT2D eigenvalue weighted by molar-refractivity contribution is -0.140. The van der Waals surface area contributed by atoms with Crippen LogP contribution in [0.4, 0.5) is 10.5 Å². The highest BCUT2D eigenvalue weighted by Crippen LogP contribution is 2.50. The lowest BCUT2D eigenvalue weighted by Crippen LogP contribution is -2.18. The number of carboxylic acids is 1. The third-order valence-corrected chi connectivity index (χ3v) is 6.48. The first-order valence-corrected chi connectivity index (χ1v) is 11.4. The van der Waals surface area contributed by atoms with E-state index in [1.807, 2.05) is 36.4 Å². The molecule has 5 rings (SSSR count). The summed E-state index contributed by atoms with van der Waals surface area (Å²) in [5, 5.41) is 22.0. The maximum atomic E-state index is 12.5. The maximum absolute atomic E-state index is 12.5. The van der Waals surface area contributed by atoms with Crippen molar-refractivity contribution in [3.63, 3.8) is 0 Å². The first-order valence-electron chi connectivity index (χ1n) is 10.6. The number of benzene rings is 1. The second-order valence-corrected chi connectivity index (χ2v) is 8.81. The van der Waals surface area contributed by atoms with Crippen molar-refractivity contribution in [2.75, 3.05) is 5.32 Å². The number of nitrogens with zero attached hydrogens (tertiary/aromatic N) is 2. The van der Waals surface area contributed by atoms with Crippen molar-refractivity contribution in [2.45, 2.75) is 31.3 Å². The molecule has 0 radical (unpaired) electrons. The average Bonchev–Trinajstić information content (AvgIpc) is 3.24. The Hall–Kier alpha value is -4.54. The molecule has 0 saturated heterocycles. The summed E-state index contributed by atoms with van der Waals surface area (Å²) in [5.74, 6) is 5.61. The van der Waals surface area contributed by atoms with Crippen LogP contribution >= 0.6 is 11.5 Å². The van der Waals surface area contributed by atoms with Gasteiger partial charge in [0.2, 0.25) is 0 Å². The summed E-state index contributed by atoms with van der Waals surface area (Å²) in [5.41, 5.74) is 0.0411. The lowest BCUT2D eigenvalue weighted by atomic mass is 10.0. The van der Waals surface area contributed by atoms with Crippen molar-refractivity contribution in [1.29, 1.82) is 5.26 Å². The Balaban J connectivity index is 1.33. The molecule has 174 valence electrons. The largest absolute Gasteiger partial charge is 0.480 e. The van der Waals surface area contributed by atoms with Crippen molar-refractivity contribution in [2.24, 2.45) is 0 Å². The summed E-state index contributed by atoms with van der Waals surface area (Å²) in [4.78, 5) is 24.3. The van der Waals surface area contributed by atoms with Crippen LogP contribution in [0.3, 0.4) is 0 Å². The van der Waals surface area contributed by atoms with E-state index in [-0.39, 0.29) is 22.9 Å². The Morgan fingerprint density at radius 2 is 2.00 bits per heavy atom. The number of rotatable bonds is 5. The van der Waals surface area contributed by atoms with E-state index in [0.717, 1.165) is 17.1 Å². The standard InChI is InChI=1S/C25H17N3O6S/c1-14(15-5-3-2-4-6-15)32-24(31)27-21-18(13-26)28-35-19(21)8-7-17-11-16-12-20(34-22(16)33-17)25(9-10-25)23(29)30/h2-6,11-12,14H,9-10H2,1H3,(H,27,31)(H,29,30). The molecule has 1 amide bonds. The molecule has 9 nitrogen and oxygen atoms in total. The van der Waals surface area contributed by atoms with Gasteiger partial charge < -0.3 is 18.7 Å². The number of aliphatic carboxylic acids is 1. The van der Waals surface area contributed by atoms with Gasteiger partial charge in [-0.25, -0.2) is 4.79 Å². The summed E-state index contributed by atoms with van der Waals surface area (Å²) >= 11 is 0.957. The van der Waals surface area contributed by atoms with Crippen LogP contribution in [0.5, 0.6) is 0 Å². The molecule has 1 atom stereocenters. The summed E-state index contributed by atoms with van der Waals surface area (Å²) < 4.78 is 20.7. The molecular weight excluding hydrogens is 470 g/mol. The molecule has 3 aromatic heterocycles. The van der Waals surface area contributed by atoms with Gasteiger partial charge in [0, 0.05) is 6.07 Å². The van der Waals surface area contributed by atoms with E-state index < -0.39 is 23.6 Å². The van der Waals surface area contributed by atoms with Gasteiger partial charge in [-0.15, -0.1) is 0 Å². The number of carboxylic acid groups (broad SMARTS) is 1. The number of furan rings is 2. The Morgan fingerprint density at radius 1 is 1.23 bits per heavy atom. The molecule has 1 aliphatic carbocycles. The van der Waals surface area contributed by atoms with Crippen LogP contribution in [0.15, 0.2) is 51.3 Å². The van der Waals surface area contributed by atoms with Crippen molar-refractivity contribution >= 4 is 40.4 Å². The SMILES string of the molecule is CC(OC(=O)Nc1c(C#N)nsc1C#Cc1cc2cc(C3(C(=O)O)CC3)oc2o1)c1ccccc1. The van der Waals surface area contributed by atoms with Crippen LogP contribution in [-0.2, 0) is 14.9 Å². The van der Waals surface area contributed by atoms with Crippen molar-refractivity contribution < 1.29 is 28.3 Å². The maximum Gasteiger partial charge on any atom is 0.412 e. The monoisotopic (exact) mass is 487 g/mol. The zero-order valence-electron chi connectivity index (χ0n) is 18.3. The number of hydrogen-bond donors (Lipinski definition) is 2.